The summed E-state index contributed by atoms with van der Waals surface area (Å²) in [6.07, 6.45) is 8.11. The molecule has 140 valence electrons. The number of hydrogen-bond donors (Lipinski definition) is 1. The summed E-state index contributed by atoms with van der Waals surface area (Å²) >= 11 is 0. The number of halogens is 1. The Labute approximate surface area is 153 Å². The number of aromatic nitrogens is 3. The van der Waals surface area contributed by atoms with Gasteiger partial charge in [0.05, 0.1) is 18.4 Å². The van der Waals surface area contributed by atoms with Gasteiger partial charge in [-0.3, -0.25) is 14.5 Å². The van der Waals surface area contributed by atoms with Gasteiger partial charge in [-0.1, -0.05) is 0 Å². The van der Waals surface area contributed by atoms with Crippen LogP contribution in [0, 0.1) is 11.7 Å². The van der Waals surface area contributed by atoms with Gasteiger partial charge in [-0.15, -0.1) is 0 Å². The second-order valence-electron chi connectivity index (χ2n) is 6.94. The number of aryl methyl sites for hydroxylation is 1. The Morgan fingerprint density at radius 2 is 2.19 bits per heavy atom. The van der Waals surface area contributed by atoms with E-state index < -0.39 is 0 Å². The van der Waals surface area contributed by atoms with E-state index in [2.05, 4.69) is 15.4 Å². The Hall–Kier alpha value is -2.28. The third kappa shape index (κ3) is 3.93. The number of carbonyl (C=O) groups is 1. The molecular weight excluding hydrogens is 333 g/mol. The van der Waals surface area contributed by atoms with Gasteiger partial charge >= 0.3 is 0 Å². The van der Waals surface area contributed by atoms with Gasteiger partial charge in [0, 0.05) is 50.6 Å². The van der Waals surface area contributed by atoms with Crippen LogP contribution in [0.3, 0.4) is 0 Å². The van der Waals surface area contributed by atoms with Crippen molar-refractivity contribution in [1.82, 2.24) is 25.0 Å². The molecule has 0 aromatic carbocycles. The Bertz CT molecular complexity index is 762. The highest BCUT2D eigenvalue weighted by molar-refractivity contribution is 5.77. The smallest absolute Gasteiger partial charge is 0.223 e. The summed E-state index contributed by atoms with van der Waals surface area (Å²) in [6.45, 7) is 5.43. The molecule has 0 saturated carbocycles. The molecule has 6 nitrogen and oxygen atoms in total. The van der Waals surface area contributed by atoms with Gasteiger partial charge in [-0.05, 0) is 37.8 Å². The van der Waals surface area contributed by atoms with Gasteiger partial charge in [0.1, 0.15) is 5.82 Å². The maximum absolute atomic E-state index is 13.4. The first kappa shape index (κ1) is 18.5. The van der Waals surface area contributed by atoms with E-state index in [1.54, 1.807) is 10.9 Å². The molecule has 1 saturated heterocycles. The molecule has 1 amide bonds. The van der Waals surface area contributed by atoms with Crippen LogP contribution < -0.4 is 5.32 Å². The predicted molar refractivity (Wildman–Crippen MR) is 96.7 cm³/mol. The topological polar surface area (TPSA) is 63.1 Å². The minimum atomic E-state index is -0.329. The van der Waals surface area contributed by atoms with E-state index in [0.29, 0.717) is 13.0 Å². The van der Waals surface area contributed by atoms with Crippen molar-refractivity contribution >= 4 is 5.91 Å². The lowest BCUT2D eigenvalue weighted by Crippen LogP contribution is -2.45. The maximum atomic E-state index is 13.4. The van der Waals surface area contributed by atoms with Crippen molar-refractivity contribution < 1.29 is 9.18 Å². The average molecular weight is 359 g/mol. The number of pyridine rings is 1. The molecule has 3 heterocycles. The van der Waals surface area contributed by atoms with E-state index in [4.69, 9.17) is 0 Å². The van der Waals surface area contributed by atoms with Crippen molar-refractivity contribution in [3.05, 3.63) is 47.8 Å². The second kappa shape index (κ2) is 7.95. The first-order valence-corrected chi connectivity index (χ1v) is 9.11. The maximum Gasteiger partial charge on any atom is 0.223 e. The summed E-state index contributed by atoms with van der Waals surface area (Å²) in [7, 11) is 1.89. The molecule has 0 spiro atoms. The van der Waals surface area contributed by atoms with Crippen LogP contribution in [-0.2, 0) is 11.8 Å². The molecule has 3 rings (SSSR count). The zero-order chi connectivity index (χ0) is 18.7. The Kier molecular flexibility index (Phi) is 5.66. The zero-order valence-electron chi connectivity index (χ0n) is 15.5. The van der Waals surface area contributed by atoms with E-state index in [1.165, 1.54) is 12.3 Å². The lowest BCUT2D eigenvalue weighted by atomic mass is 9.85. The molecule has 2 aromatic rings. The number of hydrogen-bond acceptors (Lipinski definition) is 4. The van der Waals surface area contributed by atoms with Crippen molar-refractivity contribution in [2.24, 2.45) is 13.0 Å². The van der Waals surface area contributed by atoms with Crippen LogP contribution in [0.4, 0.5) is 4.39 Å². The van der Waals surface area contributed by atoms with Crippen molar-refractivity contribution in [2.45, 2.75) is 38.8 Å². The van der Waals surface area contributed by atoms with Crippen molar-refractivity contribution in [1.29, 1.82) is 0 Å². The summed E-state index contributed by atoms with van der Waals surface area (Å²) in [5, 5.41) is 7.77. The van der Waals surface area contributed by atoms with E-state index >= 15 is 0 Å². The molecule has 2 aromatic heterocycles. The van der Waals surface area contributed by atoms with Gasteiger partial charge < -0.3 is 10.2 Å². The summed E-state index contributed by atoms with van der Waals surface area (Å²) < 4.78 is 15.2. The number of nitrogens with one attached hydrogen (secondary N) is 1. The normalized spacial score (nSPS) is 21.8. The second-order valence-corrected chi connectivity index (χ2v) is 6.94. The summed E-state index contributed by atoms with van der Waals surface area (Å²) in [5.74, 6) is 0.144. The number of likely N-dealkylation sites (tertiary alicyclic amines) is 1. The molecule has 0 radical (unpaired) electrons. The first-order chi connectivity index (χ1) is 12.5. The van der Waals surface area contributed by atoms with Crippen LogP contribution in [0.2, 0.25) is 0 Å². The molecular formula is C19H26FN5O. The van der Waals surface area contributed by atoms with E-state index in [9.17, 15) is 9.18 Å². The number of piperidine rings is 1. The fourth-order valence-electron chi connectivity index (χ4n) is 3.76. The van der Waals surface area contributed by atoms with Crippen molar-refractivity contribution in [2.75, 3.05) is 13.1 Å². The van der Waals surface area contributed by atoms with Crippen LogP contribution in [0.5, 0.6) is 0 Å². The number of carbonyl (C=O) groups excluding carboxylic acids is 1. The van der Waals surface area contributed by atoms with E-state index in [0.717, 1.165) is 24.1 Å². The summed E-state index contributed by atoms with van der Waals surface area (Å²) in [4.78, 5) is 18.3. The monoisotopic (exact) mass is 359 g/mol. The molecule has 1 N–H and O–H groups in total. The molecule has 1 fully saturated rings. The Morgan fingerprint density at radius 3 is 2.85 bits per heavy atom. The van der Waals surface area contributed by atoms with Gasteiger partial charge in [0.2, 0.25) is 5.91 Å². The fourth-order valence-corrected chi connectivity index (χ4v) is 3.76. The third-order valence-electron chi connectivity index (χ3n) is 5.15. The number of rotatable bonds is 6. The predicted octanol–water partition coefficient (Wildman–Crippen LogP) is 2.60. The number of nitrogens with zero attached hydrogens (tertiary/aromatic N) is 4. The highest BCUT2D eigenvalue weighted by Gasteiger charge is 2.36. The van der Waals surface area contributed by atoms with Crippen LogP contribution in [0.25, 0.3) is 0 Å². The zero-order valence-corrected chi connectivity index (χ0v) is 15.5. The molecule has 7 heteroatoms. The van der Waals surface area contributed by atoms with Gasteiger partial charge in [0.25, 0.3) is 0 Å². The summed E-state index contributed by atoms with van der Waals surface area (Å²) in [6, 6.07) is 1.51. The molecule has 0 aliphatic carbocycles. The molecule has 1 aliphatic rings. The van der Waals surface area contributed by atoms with Crippen LogP contribution in [0.1, 0.15) is 49.9 Å². The minimum Gasteiger partial charge on any atom is -0.335 e. The van der Waals surface area contributed by atoms with Crippen LogP contribution in [-0.4, -0.2) is 38.7 Å². The highest BCUT2D eigenvalue weighted by atomic mass is 19.1. The Balaban J connectivity index is 1.75. The molecule has 0 bridgehead atoms. The van der Waals surface area contributed by atoms with Gasteiger partial charge in [-0.25, -0.2) is 4.39 Å². The third-order valence-corrected chi connectivity index (χ3v) is 5.15. The molecule has 26 heavy (non-hydrogen) atoms. The largest absolute Gasteiger partial charge is 0.335 e. The Morgan fingerprint density at radius 1 is 1.38 bits per heavy atom. The quantitative estimate of drug-likeness (QED) is 0.861. The highest BCUT2D eigenvalue weighted by Crippen LogP contribution is 2.36. The van der Waals surface area contributed by atoms with Crippen LogP contribution >= 0.6 is 0 Å². The van der Waals surface area contributed by atoms with Gasteiger partial charge in [0.15, 0.2) is 0 Å². The summed E-state index contributed by atoms with van der Waals surface area (Å²) in [5.41, 5.74) is 1.89. The molecule has 3 atom stereocenters. The van der Waals surface area contributed by atoms with E-state index in [-0.39, 0.29) is 29.7 Å². The standard InChI is InChI=1S/C19H26FN5O/c1-4-25-18(26)6-5-14(19(25)16-10-23-24(3)12-16)9-22-13(2)15-7-17(20)11-21-8-15/h7-8,10-14,19,22H,4-6,9H2,1-3H3/t13?,14-,19+/m1/s1. The lowest BCUT2D eigenvalue weighted by molar-refractivity contribution is -0.138. The number of amides is 1. The lowest BCUT2D eigenvalue weighted by Gasteiger charge is -2.41. The fraction of sp³-hybridized carbons (Fsp3) is 0.526. The SMILES string of the molecule is CCN1C(=O)CC[C@H](CNC(C)c2cncc(F)c2)[C@H]1c1cnn(C)c1. The van der Waals surface area contributed by atoms with Gasteiger partial charge in [-0.2, -0.15) is 5.10 Å². The first-order valence-electron chi connectivity index (χ1n) is 9.11. The van der Waals surface area contributed by atoms with Crippen molar-refractivity contribution in [3.63, 3.8) is 0 Å². The molecule has 1 aliphatic heterocycles. The average Bonchev–Trinajstić information content (AvgIpc) is 3.06. The van der Waals surface area contributed by atoms with Crippen molar-refractivity contribution in [3.8, 4) is 0 Å². The van der Waals surface area contributed by atoms with E-state index in [1.807, 2.05) is 38.2 Å². The molecule has 1 unspecified atom stereocenters. The van der Waals surface area contributed by atoms with Crippen LogP contribution in [0.15, 0.2) is 30.9 Å². The minimum absolute atomic E-state index is 0.0135.